The molecule has 0 radical (unpaired) electrons. The Bertz CT molecular complexity index is 1500. The number of ether oxygens (including phenoxy) is 3. The van der Waals surface area contributed by atoms with Crippen LogP contribution in [0.25, 0.3) is 0 Å². The molecule has 3 atom stereocenters. The molecule has 12 heteroatoms. The van der Waals surface area contributed by atoms with Gasteiger partial charge in [-0.1, -0.05) is 196 Å². The van der Waals surface area contributed by atoms with Gasteiger partial charge in [-0.25, -0.2) is 4.57 Å². The van der Waals surface area contributed by atoms with Gasteiger partial charge in [-0.3, -0.25) is 23.4 Å². The molecule has 0 bridgehead atoms. The largest absolute Gasteiger partial charge is 0.472 e. The van der Waals surface area contributed by atoms with Gasteiger partial charge in [0.25, 0.3) is 0 Å². The molecule has 2 N–H and O–H groups in total. The van der Waals surface area contributed by atoms with Crippen molar-refractivity contribution in [2.45, 2.75) is 238 Å². The maximum absolute atomic E-state index is 12.9. The van der Waals surface area contributed by atoms with Crippen molar-refractivity contribution in [2.75, 3.05) is 26.4 Å². The highest BCUT2D eigenvalue weighted by Gasteiger charge is 2.28. The summed E-state index contributed by atoms with van der Waals surface area (Å²) in [5, 5.41) is 9.77. The molecular weight excluding hydrogens is 904 g/mol. The number of aliphatic hydroxyl groups excluding tert-OH is 1. The zero-order valence-electron chi connectivity index (χ0n) is 44.2. The van der Waals surface area contributed by atoms with Crippen molar-refractivity contribution in [3.63, 3.8) is 0 Å². The van der Waals surface area contributed by atoms with Gasteiger partial charge in [0.2, 0.25) is 0 Å². The van der Waals surface area contributed by atoms with Crippen molar-refractivity contribution >= 4 is 25.7 Å². The number of allylic oxidation sites excluding steroid dienone is 14. The van der Waals surface area contributed by atoms with E-state index < -0.39 is 57.8 Å². The van der Waals surface area contributed by atoms with Crippen molar-refractivity contribution in [1.82, 2.24) is 0 Å². The summed E-state index contributed by atoms with van der Waals surface area (Å²) >= 11 is 0. The topological polar surface area (TPSA) is 155 Å². The first-order valence-electron chi connectivity index (χ1n) is 27.5. The van der Waals surface area contributed by atoms with Crippen molar-refractivity contribution < 1.29 is 52.2 Å². The molecule has 0 rings (SSSR count). The second-order valence-electron chi connectivity index (χ2n) is 18.0. The molecule has 0 aliphatic heterocycles. The maximum atomic E-state index is 12.9. The Morgan fingerprint density at radius 1 is 0.414 bits per heavy atom. The Labute approximate surface area is 426 Å². The minimum absolute atomic E-state index is 0.0530. The smallest absolute Gasteiger partial charge is 0.462 e. The van der Waals surface area contributed by atoms with E-state index in [1.54, 1.807) is 0 Å². The summed E-state index contributed by atoms with van der Waals surface area (Å²) < 4.78 is 39.3. The van der Waals surface area contributed by atoms with E-state index in [0.29, 0.717) is 19.3 Å². The molecule has 0 spiro atoms. The predicted octanol–water partition coefficient (Wildman–Crippen LogP) is 15.9. The summed E-state index contributed by atoms with van der Waals surface area (Å²) in [5.41, 5.74) is 0. The number of hydrogen-bond acceptors (Lipinski definition) is 10. The normalized spacial score (nSPS) is 14.1. The lowest BCUT2D eigenvalue weighted by molar-refractivity contribution is -0.161. The Kier molecular flexibility index (Phi) is 49.5. The van der Waals surface area contributed by atoms with Gasteiger partial charge in [-0.05, 0) is 96.3 Å². The molecule has 3 unspecified atom stereocenters. The van der Waals surface area contributed by atoms with Gasteiger partial charge in [0.05, 0.1) is 19.8 Å². The van der Waals surface area contributed by atoms with Crippen LogP contribution >= 0.6 is 7.82 Å². The van der Waals surface area contributed by atoms with E-state index in [1.807, 2.05) is 12.2 Å². The van der Waals surface area contributed by atoms with E-state index in [4.69, 9.17) is 23.3 Å². The van der Waals surface area contributed by atoms with Crippen molar-refractivity contribution in [2.24, 2.45) is 0 Å². The van der Waals surface area contributed by atoms with Crippen LogP contribution in [0.15, 0.2) is 85.1 Å². The van der Waals surface area contributed by atoms with E-state index in [9.17, 15) is 28.9 Å². The zero-order chi connectivity index (χ0) is 51.3. The summed E-state index contributed by atoms with van der Waals surface area (Å²) in [6.45, 7) is 4.36. The SMILES string of the molecule is CC/C=C\C/C=C\C/C=C\C/C=C\CCC(=O)OC(CO)COP(=O)(O)OCC(COC(=O)CCCCCCC/C=C\CCCC)OC(=O)CCCCCCCCCCC/C=C\C/C=C\CCCCC. The Hall–Kier alpha value is -3.34. The summed E-state index contributed by atoms with van der Waals surface area (Å²) in [6.07, 6.45) is 58.5. The number of carbonyl (C=O) groups excluding carboxylic acids is 3. The molecule has 0 aliphatic rings. The molecule has 0 saturated carbocycles. The van der Waals surface area contributed by atoms with Gasteiger partial charge in [0.15, 0.2) is 6.10 Å². The molecule has 402 valence electrons. The number of rotatable bonds is 50. The lowest BCUT2D eigenvalue weighted by Gasteiger charge is -2.21. The molecule has 0 fully saturated rings. The van der Waals surface area contributed by atoms with Crippen molar-refractivity contribution in [3.05, 3.63) is 85.1 Å². The third-order valence-corrected chi connectivity index (χ3v) is 12.2. The first kappa shape index (κ1) is 66.7. The number of phosphoric acid groups is 1. The number of phosphoric ester groups is 1. The quantitative estimate of drug-likeness (QED) is 0.0197. The highest BCUT2D eigenvalue weighted by atomic mass is 31.2. The predicted molar refractivity (Wildman–Crippen MR) is 288 cm³/mol. The van der Waals surface area contributed by atoms with Crippen molar-refractivity contribution in [3.8, 4) is 0 Å². The van der Waals surface area contributed by atoms with E-state index in [2.05, 4.69) is 93.7 Å². The first-order valence-corrected chi connectivity index (χ1v) is 29.0. The minimum atomic E-state index is -4.77. The van der Waals surface area contributed by atoms with Gasteiger partial charge in [-0.15, -0.1) is 0 Å². The number of carbonyl (C=O) groups is 3. The van der Waals surface area contributed by atoms with Crippen LogP contribution in [0, 0.1) is 0 Å². The minimum Gasteiger partial charge on any atom is -0.462 e. The molecule has 0 aromatic carbocycles. The van der Waals surface area contributed by atoms with Crippen LogP contribution < -0.4 is 0 Å². The van der Waals surface area contributed by atoms with Crippen LogP contribution in [0.4, 0.5) is 0 Å². The van der Waals surface area contributed by atoms with Crippen LogP contribution in [-0.4, -0.2) is 66.5 Å². The molecule has 0 aliphatic carbocycles. The van der Waals surface area contributed by atoms with Crippen molar-refractivity contribution in [1.29, 1.82) is 0 Å². The van der Waals surface area contributed by atoms with Crippen LogP contribution in [0.2, 0.25) is 0 Å². The summed E-state index contributed by atoms with van der Waals surface area (Å²) in [4.78, 5) is 48.3. The lowest BCUT2D eigenvalue weighted by Crippen LogP contribution is -2.30. The summed E-state index contributed by atoms with van der Waals surface area (Å²) in [7, 11) is -4.77. The fourth-order valence-corrected chi connectivity index (χ4v) is 7.87. The Morgan fingerprint density at radius 3 is 1.29 bits per heavy atom. The van der Waals surface area contributed by atoms with Crippen LogP contribution in [-0.2, 0) is 42.2 Å². The van der Waals surface area contributed by atoms with Gasteiger partial charge < -0.3 is 24.2 Å². The zero-order valence-corrected chi connectivity index (χ0v) is 45.1. The Balaban J connectivity index is 4.77. The Morgan fingerprint density at radius 2 is 0.786 bits per heavy atom. The maximum Gasteiger partial charge on any atom is 0.472 e. The summed E-state index contributed by atoms with van der Waals surface area (Å²) in [5.74, 6) is -1.57. The second-order valence-corrected chi connectivity index (χ2v) is 19.5. The molecule has 70 heavy (non-hydrogen) atoms. The molecule has 0 aromatic heterocycles. The van der Waals surface area contributed by atoms with Gasteiger partial charge in [0, 0.05) is 19.3 Å². The van der Waals surface area contributed by atoms with E-state index >= 15 is 0 Å². The fourth-order valence-electron chi connectivity index (χ4n) is 7.09. The lowest BCUT2D eigenvalue weighted by atomic mass is 10.1. The van der Waals surface area contributed by atoms with Crippen LogP contribution in [0.3, 0.4) is 0 Å². The summed E-state index contributed by atoms with van der Waals surface area (Å²) in [6, 6.07) is 0. The number of unbranched alkanes of at least 4 members (excludes halogenated alkanes) is 19. The van der Waals surface area contributed by atoms with E-state index in [1.165, 1.54) is 70.6 Å². The molecule has 11 nitrogen and oxygen atoms in total. The third-order valence-electron chi connectivity index (χ3n) is 11.3. The molecule has 0 heterocycles. The number of esters is 3. The van der Waals surface area contributed by atoms with E-state index in [-0.39, 0.29) is 25.9 Å². The van der Waals surface area contributed by atoms with Gasteiger partial charge in [-0.2, -0.15) is 0 Å². The van der Waals surface area contributed by atoms with Gasteiger partial charge in [0.1, 0.15) is 12.7 Å². The second kappa shape index (κ2) is 52.0. The molecule has 0 amide bonds. The monoisotopic (exact) mass is 1000 g/mol. The molecular formula is C58H99O11P. The third kappa shape index (κ3) is 49.6. The number of hydrogen-bond donors (Lipinski definition) is 2. The number of aliphatic hydroxyl groups is 1. The van der Waals surface area contributed by atoms with Gasteiger partial charge >= 0.3 is 25.7 Å². The first-order chi connectivity index (χ1) is 34.2. The average Bonchev–Trinajstić information content (AvgIpc) is 3.35. The average molecular weight is 1000 g/mol. The van der Waals surface area contributed by atoms with E-state index in [0.717, 1.165) is 96.3 Å². The van der Waals surface area contributed by atoms with Crippen LogP contribution in [0.1, 0.15) is 226 Å². The molecule has 0 aromatic rings. The fraction of sp³-hybridized carbons (Fsp3) is 0.707. The molecule has 0 saturated heterocycles. The highest BCUT2D eigenvalue weighted by Crippen LogP contribution is 2.43. The van der Waals surface area contributed by atoms with Crippen LogP contribution in [0.5, 0.6) is 0 Å². The standard InChI is InChI=1S/C58H99O11P/c1-4-7-10-13-16-19-22-24-25-26-27-28-29-31-34-37-40-43-46-49-58(62)69-55(51-65-56(60)47-44-41-38-35-32-21-18-15-12-9-6-3)53-67-70(63,64)66-52-54(50-59)68-57(61)48-45-42-39-36-33-30-23-20-17-14-11-8-5-2/h8,11,15-20,24-25,30,33,39,42,54-55,59H,4-7,9-10,12-14,21-23,26-29,31-32,34-38,40-41,43-53H2,1-3H3,(H,63,64)/b11-8-,18-15-,19-16-,20-17-,25-24-,33-30-,42-39-. The highest BCUT2D eigenvalue weighted by molar-refractivity contribution is 7.47.